The van der Waals surface area contributed by atoms with E-state index in [0.29, 0.717) is 37.1 Å². The molecule has 4 rings (SSSR count). The van der Waals surface area contributed by atoms with Crippen molar-refractivity contribution in [2.75, 3.05) is 32.7 Å². The summed E-state index contributed by atoms with van der Waals surface area (Å²) in [6.45, 7) is 7.60. The number of aromatic nitrogens is 2. The summed E-state index contributed by atoms with van der Waals surface area (Å²) < 4.78 is 28.9. The Labute approximate surface area is 194 Å². The molecule has 0 spiro atoms. The number of benzene rings is 1. The first-order chi connectivity index (χ1) is 15.8. The van der Waals surface area contributed by atoms with Gasteiger partial charge in [0.05, 0.1) is 22.1 Å². The number of hydrogen-bond acceptors (Lipinski definition) is 6. The van der Waals surface area contributed by atoms with E-state index in [4.69, 9.17) is 0 Å². The minimum absolute atomic E-state index is 0.0894. The Morgan fingerprint density at radius 3 is 2.67 bits per heavy atom. The maximum Gasteiger partial charge on any atom is 0.261 e. The number of fused-ring (bicyclic) bond motifs is 1. The Hall–Kier alpha value is -2.30. The lowest BCUT2D eigenvalue weighted by Gasteiger charge is -2.29. The highest BCUT2D eigenvalue weighted by Gasteiger charge is 2.28. The van der Waals surface area contributed by atoms with Crippen molar-refractivity contribution >= 4 is 26.8 Å². The molecule has 10 heteroatoms. The van der Waals surface area contributed by atoms with Crippen LogP contribution >= 0.6 is 0 Å². The predicted molar refractivity (Wildman–Crippen MR) is 126 cm³/mol. The van der Waals surface area contributed by atoms with Crippen LogP contribution in [0.2, 0.25) is 0 Å². The Morgan fingerprint density at radius 1 is 1.18 bits per heavy atom. The third kappa shape index (κ3) is 5.12. The lowest BCUT2D eigenvalue weighted by atomic mass is 10.0. The van der Waals surface area contributed by atoms with Gasteiger partial charge in [-0.25, -0.2) is 13.4 Å². The Morgan fingerprint density at radius 2 is 1.94 bits per heavy atom. The third-order valence-electron chi connectivity index (χ3n) is 6.93. The van der Waals surface area contributed by atoms with E-state index in [-0.39, 0.29) is 22.7 Å². The highest BCUT2D eigenvalue weighted by molar-refractivity contribution is 7.89. The summed E-state index contributed by atoms with van der Waals surface area (Å²) in [5.41, 5.74) is -0.0112. The van der Waals surface area contributed by atoms with Crippen molar-refractivity contribution in [2.24, 2.45) is 5.92 Å². The summed E-state index contributed by atoms with van der Waals surface area (Å²) in [6, 6.07) is 4.78. The van der Waals surface area contributed by atoms with E-state index in [1.54, 1.807) is 6.07 Å². The van der Waals surface area contributed by atoms with E-state index in [1.807, 2.05) is 0 Å². The van der Waals surface area contributed by atoms with Gasteiger partial charge in [-0.15, -0.1) is 0 Å². The zero-order valence-electron chi connectivity index (χ0n) is 19.4. The summed E-state index contributed by atoms with van der Waals surface area (Å²) >= 11 is 0. The van der Waals surface area contributed by atoms with Crippen molar-refractivity contribution in [3.8, 4) is 0 Å². The van der Waals surface area contributed by atoms with Gasteiger partial charge in [0.2, 0.25) is 15.9 Å². The zero-order chi connectivity index (χ0) is 23.6. The van der Waals surface area contributed by atoms with Crippen LogP contribution in [0.15, 0.2) is 34.2 Å². The summed E-state index contributed by atoms with van der Waals surface area (Å²) in [7, 11) is -3.68. The fourth-order valence-corrected chi connectivity index (χ4v) is 6.27. The van der Waals surface area contributed by atoms with Crippen molar-refractivity contribution in [3.05, 3.63) is 34.9 Å². The number of likely N-dealkylation sites (tertiary alicyclic amines) is 1. The smallest absolute Gasteiger partial charge is 0.261 e. The van der Waals surface area contributed by atoms with Gasteiger partial charge in [-0.1, -0.05) is 13.8 Å². The highest BCUT2D eigenvalue weighted by Crippen LogP contribution is 2.24. The van der Waals surface area contributed by atoms with Gasteiger partial charge in [-0.3, -0.25) is 19.1 Å². The summed E-state index contributed by atoms with van der Waals surface area (Å²) in [5, 5.41) is 3.12. The first-order valence-electron chi connectivity index (χ1n) is 11.8. The standard InChI is InChI=1S/C23H33N5O4S/c1-3-26-10-4-5-18(26)14-24-22(29)15-27-16-25-21-7-6-19(13-20(21)23(27)30)33(31,32)28-11-8-17(2)9-12-28/h6-7,13,16-18H,3-5,8-12,14-15H2,1-2H3,(H,24,29)/t18-/m0/s1. The zero-order valence-corrected chi connectivity index (χ0v) is 20.2. The van der Waals surface area contributed by atoms with E-state index >= 15 is 0 Å². The summed E-state index contributed by atoms with van der Waals surface area (Å²) in [4.78, 5) is 32.2. The average Bonchev–Trinajstić information content (AvgIpc) is 3.27. The second-order valence-electron chi connectivity index (χ2n) is 9.17. The molecule has 2 aromatic rings. The van der Waals surface area contributed by atoms with Gasteiger partial charge in [-0.05, 0) is 62.9 Å². The number of nitrogens with one attached hydrogen (secondary N) is 1. The fourth-order valence-electron chi connectivity index (χ4n) is 4.77. The molecule has 1 aromatic carbocycles. The van der Waals surface area contributed by atoms with E-state index in [0.717, 1.165) is 38.8 Å². The van der Waals surface area contributed by atoms with Crippen molar-refractivity contribution in [1.29, 1.82) is 0 Å². The number of hydrogen-bond donors (Lipinski definition) is 1. The van der Waals surface area contributed by atoms with Crippen LogP contribution in [0.25, 0.3) is 10.9 Å². The van der Waals surface area contributed by atoms with Crippen LogP contribution in [0.4, 0.5) is 0 Å². The van der Waals surface area contributed by atoms with Crippen LogP contribution in [-0.4, -0.2) is 71.8 Å². The number of rotatable bonds is 7. The molecule has 2 aliphatic rings. The Kier molecular flexibility index (Phi) is 7.16. The van der Waals surface area contributed by atoms with Crippen molar-refractivity contribution in [3.63, 3.8) is 0 Å². The quantitative estimate of drug-likeness (QED) is 0.649. The number of sulfonamides is 1. The van der Waals surface area contributed by atoms with Gasteiger partial charge in [0.25, 0.3) is 5.56 Å². The lowest BCUT2D eigenvalue weighted by molar-refractivity contribution is -0.121. The van der Waals surface area contributed by atoms with Gasteiger partial charge < -0.3 is 5.32 Å². The molecule has 0 saturated carbocycles. The molecule has 1 atom stereocenters. The lowest BCUT2D eigenvalue weighted by Crippen LogP contribution is -2.41. The molecular formula is C23H33N5O4S. The molecule has 2 saturated heterocycles. The van der Waals surface area contributed by atoms with E-state index in [1.165, 1.54) is 27.3 Å². The molecule has 0 radical (unpaired) electrons. The second-order valence-corrected chi connectivity index (χ2v) is 11.1. The molecule has 1 amide bonds. The maximum absolute atomic E-state index is 13.1. The van der Waals surface area contributed by atoms with Crippen LogP contribution in [0.3, 0.4) is 0 Å². The molecule has 0 unspecified atom stereocenters. The first-order valence-corrected chi connectivity index (χ1v) is 13.2. The Balaban J connectivity index is 1.50. The predicted octanol–water partition coefficient (Wildman–Crippen LogP) is 1.42. The SMILES string of the molecule is CCN1CCC[C@H]1CNC(=O)Cn1cnc2ccc(S(=O)(=O)N3CCC(C)CC3)cc2c1=O. The minimum Gasteiger partial charge on any atom is -0.353 e. The normalized spacial score (nSPS) is 21.0. The van der Waals surface area contributed by atoms with Gasteiger partial charge in [-0.2, -0.15) is 4.31 Å². The molecular weight excluding hydrogens is 442 g/mol. The number of amides is 1. The van der Waals surface area contributed by atoms with E-state index in [9.17, 15) is 18.0 Å². The van der Waals surface area contributed by atoms with Crippen molar-refractivity contribution in [2.45, 2.75) is 57.0 Å². The minimum atomic E-state index is -3.68. The van der Waals surface area contributed by atoms with Crippen LogP contribution in [0.5, 0.6) is 0 Å². The Bertz CT molecular complexity index is 1170. The second kappa shape index (κ2) is 9.90. The molecule has 33 heavy (non-hydrogen) atoms. The number of carbonyl (C=O) groups excluding carboxylic acids is 1. The third-order valence-corrected chi connectivity index (χ3v) is 8.82. The molecule has 1 N–H and O–H groups in total. The summed E-state index contributed by atoms with van der Waals surface area (Å²) in [6.07, 6.45) is 5.18. The number of nitrogens with zero attached hydrogens (tertiary/aromatic N) is 4. The van der Waals surface area contributed by atoms with Crippen LogP contribution in [-0.2, 0) is 21.4 Å². The monoisotopic (exact) mass is 475 g/mol. The van der Waals surface area contributed by atoms with Gasteiger partial charge >= 0.3 is 0 Å². The van der Waals surface area contributed by atoms with Crippen LogP contribution in [0.1, 0.15) is 39.5 Å². The number of likely N-dealkylation sites (N-methyl/N-ethyl adjacent to an activating group) is 1. The van der Waals surface area contributed by atoms with Gasteiger partial charge in [0.15, 0.2) is 0 Å². The molecule has 2 fully saturated rings. The molecule has 0 aliphatic carbocycles. The molecule has 9 nitrogen and oxygen atoms in total. The molecule has 180 valence electrons. The number of carbonyl (C=O) groups is 1. The van der Waals surface area contributed by atoms with E-state index < -0.39 is 15.6 Å². The van der Waals surface area contributed by atoms with Crippen LogP contribution < -0.4 is 10.9 Å². The number of piperidine rings is 1. The van der Waals surface area contributed by atoms with Gasteiger partial charge in [0.1, 0.15) is 6.54 Å². The maximum atomic E-state index is 13.1. The highest BCUT2D eigenvalue weighted by atomic mass is 32.2. The molecule has 0 bridgehead atoms. The topological polar surface area (TPSA) is 105 Å². The van der Waals surface area contributed by atoms with Gasteiger partial charge in [0, 0.05) is 25.7 Å². The first kappa shape index (κ1) is 23.8. The summed E-state index contributed by atoms with van der Waals surface area (Å²) in [5.74, 6) is 0.252. The van der Waals surface area contributed by atoms with E-state index in [2.05, 4.69) is 29.0 Å². The molecule has 2 aliphatic heterocycles. The largest absolute Gasteiger partial charge is 0.353 e. The van der Waals surface area contributed by atoms with Crippen molar-refractivity contribution in [1.82, 2.24) is 24.1 Å². The van der Waals surface area contributed by atoms with Crippen LogP contribution in [0, 0.1) is 5.92 Å². The molecule has 3 heterocycles. The molecule has 1 aromatic heterocycles. The average molecular weight is 476 g/mol. The van der Waals surface area contributed by atoms with Crippen molar-refractivity contribution < 1.29 is 13.2 Å². The fraction of sp³-hybridized carbons (Fsp3) is 0.609.